The minimum Gasteiger partial charge on any atom is -0.497 e. The highest BCUT2D eigenvalue weighted by Crippen LogP contribution is 2.55. The van der Waals surface area contributed by atoms with Crippen LogP contribution in [-0.2, 0) is 25.7 Å². The van der Waals surface area contributed by atoms with Crippen molar-refractivity contribution in [3.8, 4) is 5.75 Å². The lowest BCUT2D eigenvalue weighted by Crippen LogP contribution is -2.51. The Bertz CT molecular complexity index is 969. The molecule has 0 saturated carbocycles. The van der Waals surface area contributed by atoms with Crippen molar-refractivity contribution >= 4 is 29.3 Å². The number of methoxy groups -OCH3 is 2. The SMILES string of the molecule is COCC(=O)N1CCSC12C(=O)N(Cc1cccc(F)c1)c1ccc(OC)cc12. The standard InChI is InChI=1S/C21H21FN2O4S/c1-27-13-19(25)24-8-9-29-21(24)17-11-16(28-2)6-7-18(17)23(20(21)26)12-14-4-3-5-15(22)10-14/h3-7,10-11H,8-9,12-13H2,1-2H3. The molecule has 6 nitrogen and oxygen atoms in total. The maximum atomic E-state index is 13.7. The third-order valence-corrected chi connectivity index (χ3v) is 6.62. The smallest absolute Gasteiger partial charge is 0.268 e. The normalized spacial score (nSPS) is 20.4. The van der Waals surface area contributed by atoms with Gasteiger partial charge in [0.15, 0.2) is 4.87 Å². The van der Waals surface area contributed by atoms with E-state index in [1.165, 1.54) is 31.0 Å². The van der Waals surface area contributed by atoms with Gasteiger partial charge in [-0.15, -0.1) is 11.8 Å². The van der Waals surface area contributed by atoms with Crippen LogP contribution in [0.1, 0.15) is 11.1 Å². The summed E-state index contributed by atoms with van der Waals surface area (Å²) in [5.74, 6) is 0.427. The Morgan fingerprint density at radius 3 is 2.79 bits per heavy atom. The first kappa shape index (κ1) is 19.7. The number of rotatable bonds is 5. The molecule has 1 saturated heterocycles. The number of carbonyl (C=O) groups excluding carboxylic acids is 2. The summed E-state index contributed by atoms with van der Waals surface area (Å²) in [6.45, 7) is 0.562. The van der Waals surface area contributed by atoms with Crippen LogP contribution in [0.3, 0.4) is 0 Å². The highest BCUT2D eigenvalue weighted by Gasteiger charge is 2.59. The molecule has 2 amide bonds. The van der Waals surface area contributed by atoms with Crippen LogP contribution in [0.4, 0.5) is 10.1 Å². The number of hydrogen-bond acceptors (Lipinski definition) is 5. The van der Waals surface area contributed by atoms with Gasteiger partial charge in [0.1, 0.15) is 18.2 Å². The number of fused-ring (bicyclic) bond motifs is 2. The molecule has 4 rings (SSSR count). The monoisotopic (exact) mass is 416 g/mol. The first-order chi connectivity index (χ1) is 14.0. The number of anilines is 1. The van der Waals surface area contributed by atoms with Crippen molar-refractivity contribution in [1.82, 2.24) is 4.90 Å². The van der Waals surface area contributed by atoms with Gasteiger partial charge in [0.2, 0.25) is 5.91 Å². The molecule has 0 aromatic heterocycles. The Morgan fingerprint density at radius 2 is 2.07 bits per heavy atom. The molecule has 1 fully saturated rings. The summed E-state index contributed by atoms with van der Waals surface area (Å²) in [5.41, 5.74) is 2.09. The molecular formula is C21H21FN2O4S. The molecule has 8 heteroatoms. The number of halogens is 1. The topological polar surface area (TPSA) is 59.1 Å². The van der Waals surface area contributed by atoms with Crippen LogP contribution in [0.15, 0.2) is 42.5 Å². The van der Waals surface area contributed by atoms with Crippen molar-refractivity contribution in [1.29, 1.82) is 0 Å². The highest BCUT2D eigenvalue weighted by atomic mass is 32.2. The van der Waals surface area contributed by atoms with E-state index in [0.717, 1.165) is 0 Å². The summed E-state index contributed by atoms with van der Waals surface area (Å²) >= 11 is 1.43. The van der Waals surface area contributed by atoms with E-state index in [2.05, 4.69) is 0 Å². The van der Waals surface area contributed by atoms with Crippen molar-refractivity contribution < 1.29 is 23.5 Å². The van der Waals surface area contributed by atoms with Gasteiger partial charge in [-0.2, -0.15) is 0 Å². The molecule has 2 aliphatic rings. The zero-order valence-corrected chi connectivity index (χ0v) is 17.0. The van der Waals surface area contributed by atoms with Crippen LogP contribution in [0, 0.1) is 5.82 Å². The number of nitrogens with zero attached hydrogens (tertiary/aromatic N) is 2. The average molecular weight is 416 g/mol. The van der Waals surface area contributed by atoms with E-state index >= 15 is 0 Å². The summed E-state index contributed by atoms with van der Waals surface area (Å²) < 4.78 is 24.1. The van der Waals surface area contributed by atoms with Crippen molar-refractivity contribution in [2.75, 3.05) is 38.0 Å². The van der Waals surface area contributed by atoms with Gasteiger partial charge >= 0.3 is 0 Å². The molecule has 1 unspecified atom stereocenters. The predicted molar refractivity (Wildman–Crippen MR) is 108 cm³/mol. The second-order valence-corrected chi connectivity index (χ2v) is 8.16. The Kier molecular flexibility index (Phi) is 5.23. The number of carbonyl (C=O) groups is 2. The van der Waals surface area contributed by atoms with Gasteiger partial charge < -0.3 is 19.3 Å². The van der Waals surface area contributed by atoms with Crippen molar-refractivity contribution in [2.24, 2.45) is 0 Å². The number of amides is 2. The summed E-state index contributed by atoms with van der Waals surface area (Å²) in [5, 5.41) is 0. The van der Waals surface area contributed by atoms with Gasteiger partial charge in [-0.05, 0) is 35.9 Å². The van der Waals surface area contributed by atoms with E-state index in [1.54, 1.807) is 35.1 Å². The Balaban J connectivity index is 1.81. The molecule has 1 spiro atoms. The largest absolute Gasteiger partial charge is 0.497 e. The fourth-order valence-corrected chi connectivity index (χ4v) is 5.42. The molecule has 152 valence electrons. The van der Waals surface area contributed by atoms with E-state index < -0.39 is 4.87 Å². The molecule has 0 bridgehead atoms. The number of hydrogen-bond donors (Lipinski definition) is 0. The summed E-state index contributed by atoms with van der Waals surface area (Å²) in [7, 11) is 3.02. The summed E-state index contributed by atoms with van der Waals surface area (Å²) in [6.07, 6.45) is 0. The number of ether oxygens (including phenoxy) is 2. The van der Waals surface area contributed by atoms with Crippen LogP contribution < -0.4 is 9.64 Å². The van der Waals surface area contributed by atoms with Crippen LogP contribution in [0.25, 0.3) is 0 Å². The molecule has 0 radical (unpaired) electrons. The predicted octanol–water partition coefficient (Wildman–Crippen LogP) is 2.76. The number of thioether (sulfide) groups is 1. The fourth-order valence-electron chi connectivity index (χ4n) is 3.95. The molecule has 2 heterocycles. The van der Waals surface area contributed by atoms with Crippen molar-refractivity contribution in [2.45, 2.75) is 11.4 Å². The molecule has 0 N–H and O–H groups in total. The van der Waals surface area contributed by atoms with Gasteiger partial charge in [-0.25, -0.2) is 4.39 Å². The minimum atomic E-state index is -1.16. The highest BCUT2D eigenvalue weighted by molar-refractivity contribution is 8.01. The van der Waals surface area contributed by atoms with E-state index in [1.807, 2.05) is 12.1 Å². The van der Waals surface area contributed by atoms with Crippen molar-refractivity contribution in [3.05, 3.63) is 59.4 Å². The minimum absolute atomic E-state index is 0.0984. The molecule has 29 heavy (non-hydrogen) atoms. The molecule has 2 aromatic rings. The van der Waals surface area contributed by atoms with Gasteiger partial charge in [-0.3, -0.25) is 9.59 Å². The Morgan fingerprint density at radius 1 is 1.24 bits per heavy atom. The first-order valence-electron chi connectivity index (χ1n) is 9.19. The lowest BCUT2D eigenvalue weighted by molar-refractivity contribution is -0.143. The molecule has 2 aliphatic heterocycles. The quantitative estimate of drug-likeness (QED) is 0.750. The summed E-state index contributed by atoms with van der Waals surface area (Å²) in [4.78, 5) is 28.5. The van der Waals surface area contributed by atoms with Gasteiger partial charge in [0, 0.05) is 25.0 Å². The zero-order valence-electron chi connectivity index (χ0n) is 16.2. The van der Waals surface area contributed by atoms with Crippen LogP contribution >= 0.6 is 11.8 Å². The van der Waals surface area contributed by atoms with E-state index in [4.69, 9.17) is 9.47 Å². The second-order valence-electron chi connectivity index (χ2n) is 6.88. The van der Waals surface area contributed by atoms with E-state index in [-0.39, 0.29) is 30.8 Å². The molecule has 2 aromatic carbocycles. The van der Waals surface area contributed by atoms with E-state index in [0.29, 0.717) is 34.9 Å². The molecular weight excluding hydrogens is 395 g/mol. The lowest BCUT2D eigenvalue weighted by Gasteiger charge is -2.33. The van der Waals surface area contributed by atoms with Gasteiger partial charge in [0.05, 0.1) is 19.3 Å². The maximum Gasteiger partial charge on any atom is 0.268 e. The Labute approximate surface area is 172 Å². The number of benzene rings is 2. The average Bonchev–Trinajstić information content (AvgIpc) is 3.25. The van der Waals surface area contributed by atoms with Crippen molar-refractivity contribution in [3.63, 3.8) is 0 Å². The third kappa shape index (κ3) is 3.16. The molecule has 0 aliphatic carbocycles. The Hall–Kier alpha value is -2.58. The van der Waals surface area contributed by atoms with Gasteiger partial charge in [0.25, 0.3) is 5.91 Å². The van der Waals surface area contributed by atoms with E-state index in [9.17, 15) is 14.0 Å². The van der Waals surface area contributed by atoms with Gasteiger partial charge in [-0.1, -0.05) is 12.1 Å². The maximum absolute atomic E-state index is 13.7. The summed E-state index contributed by atoms with van der Waals surface area (Å²) in [6, 6.07) is 11.6. The fraction of sp³-hybridized carbons (Fsp3) is 0.333. The lowest BCUT2D eigenvalue weighted by atomic mass is 10.1. The van der Waals surface area contributed by atoms with Crippen LogP contribution in [-0.4, -0.2) is 49.8 Å². The van der Waals surface area contributed by atoms with Crippen LogP contribution in [0.2, 0.25) is 0 Å². The molecule has 1 atom stereocenters. The second kappa shape index (κ2) is 7.68. The third-order valence-electron chi connectivity index (χ3n) is 5.20. The zero-order chi connectivity index (χ0) is 20.6. The first-order valence-corrected chi connectivity index (χ1v) is 10.2. The van der Waals surface area contributed by atoms with Crippen LogP contribution in [0.5, 0.6) is 5.75 Å².